The fraction of sp³-hybridized carbons (Fsp3) is 0.667. The van der Waals surface area contributed by atoms with Gasteiger partial charge >= 0.3 is 5.97 Å². The molecule has 0 aromatic heterocycles. The molecule has 0 aliphatic carbocycles. The molecule has 0 aromatic rings. The Morgan fingerprint density at radius 2 is 1.77 bits per heavy atom. The van der Waals surface area contributed by atoms with Gasteiger partial charge in [-0.15, -0.1) is 12.4 Å². The molecule has 0 atom stereocenters. The Kier molecular flexibility index (Phi) is 7.96. The Hall–Kier alpha value is -0.540. The maximum Gasteiger partial charge on any atom is 0.331 e. The summed E-state index contributed by atoms with van der Waals surface area (Å²) in [5.41, 5.74) is 1.42. The van der Waals surface area contributed by atoms with Crippen LogP contribution >= 0.6 is 12.4 Å². The first-order valence-electron chi connectivity index (χ1n) is 3.99. The number of aliphatic carboxylic acids is 1. The van der Waals surface area contributed by atoms with Gasteiger partial charge in [0.2, 0.25) is 0 Å². The van der Waals surface area contributed by atoms with E-state index in [0.29, 0.717) is 5.57 Å². The number of hydrogen-bond donors (Lipinski definition) is 1. The van der Waals surface area contributed by atoms with Gasteiger partial charge in [-0.1, -0.05) is 5.57 Å². The van der Waals surface area contributed by atoms with Crippen LogP contribution in [0.5, 0.6) is 0 Å². The number of hydrogen-bond acceptors (Lipinski definition) is 2. The average Bonchev–Trinajstić information content (AvgIpc) is 1.98. The summed E-state index contributed by atoms with van der Waals surface area (Å²) in [5.74, 6) is -0.814. The van der Waals surface area contributed by atoms with E-state index >= 15 is 0 Å². The Balaban J connectivity index is 0. The molecule has 13 heavy (non-hydrogen) atoms. The van der Waals surface area contributed by atoms with Gasteiger partial charge in [0.15, 0.2) is 0 Å². The Bertz CT molecular complexity index is 200. The second kappa shape index (κ2) is 6.92. The third-order valence-electron chi connectivity index (χ3n) is 1.89. The lowest BCUT2D eigenvalue weighted by Gasteiger charge is -2.10. The first kappa shape index (κ1) is 15.0. The molecule has 0 aliphatic rings. The zero-order valence-electron chi connectivity index (χ0n) is 8.63. The van der Waals surface area contributed by atoms with Gasteiger partial charge in [-0.25, -0.2) is 4.79 Å². The normalized spacial score (nSPS) is 12.1. The average molecular weight is 208 g/mol. The molecule has 78 valence electrons. The highest BCUT2D eigenvalue weighted by Gasteiger charge is 2.04. The molecule has 0 radical (unpaired) electrons. The molecule has 0 rings (SSSR count). The third-order valence-corrected chi connectivity index (χ3v) is 1.89. The summed E-state index contributed by atoms with van der Waals surface area (Å²) in [6.45, 7) is 4.41. The van der Waals surface area contributed by atoms with Crippen molar-refractivity contribution in [2.45, 2.75) is 20.3 Å². The van der Waals surface area contributed by atoms with Crippen LogP contribution in [0.3, 0.4) is 0 Å². The molecule has 0 fully saturated rings. The summed E-state index contributed by atoms with van der Waals surface area (Å²) in [6, 6.07) is 0. The molecular formula is C9H18ClNO2. The first-order valence-corrected chi connectivity index (χ1v) is 3.99. The maximum absolute atomic E-state index is 10.5. The largest absolute Gasteiger partial charge is 0.478 e. The van der Waals surface area contributed by atoms with Crippen molar-refractivity contribution in [3.8, 4) is 0 Å². The SMILES string of the molecule is CC(CCN(C)C)=C(C)C(=O)O.Cl. The van der Waals surface area contributed by atoms with E-state index in [2.05, 4.69) is 0 Å². The molecule has 0 unspecified atom stereocenters. The van der Waals surface area contributed by atoms with E-state index in [0.717, 1.165) is 18.5 Å². The number of carboxylic acid groups (broad SMARTS) is 1. The smallest absolute Gasteiger partial charge is 0.331 e. The number of rotatable bonds is 4. The second-order valence-corrected chi connectivity index (χ2v) is 3.26. The Morgan fingerprint density at radius 1 is 1.31 bits per heavy atom. The van der Waals surface area contributed by atoms with Crippen molar-refractivity contribution >= 4 is 18.4 Å². The fourth-order valence-electron chi connectivity index (χ4n) is 0.761. The summed E-state index contributed by atoms with van der Waals surface area (Å²) >= 11 is 0. The number of carboxylic acids is 1. The van der Waals surface area contributed by atoms with Gasteiger partial charge < -0.3 is 10.0 Å². The lowest BCUT2D eigenvalue weighted by atomic mass is 10.1. The van der Waals surface area contributed by atoms with Crippen molar-refractivity contribution in [3.05, 3.63) is 11.1 Å². The van der Waals surface area contributed by atoms with Gasteiger partial charge in [-0.3, -0.25) is 0 Å². The van der Waals surface area contributed by atoms with E-state index < -0.39 is 5.97 Å². The van der Waals surface area contributed by atoms with Gasteiger partial charge in [0.1, 0.15) is 0 Å². The van der Waals surface area contributed by atoms with Gasteiger partial charge in [0.05, 0.1) is 0 Å². The van der Waals surface area contributed by atoms with Crippen molar-refractivity contribution in [3.63, 3.8) is 0 Å². The van der Waals surface area contributed by atoms with Crippen LogP contribution < -0.4 is 0 Å². The predicted octanol–water partition coefficient (Wildman–Crippen LogP) is 1.78. The first-order chi connectivity index (χ1) is 5.45. The van der Waals surface area contributed by atoms with Gasteiger partial charge in [-0.05, 0) is 34.4 Å². The third kappa shape index (κ3) is 6.61. The highest BCUT2D eigenvalue weighted by atomic mass is 35.5. The molecule has 0 aromatic carbocycles. The molecule has 0 saturated heterocycles. The zero-order valence-corrected chi connectivity index (χ0v) is 9.44. The van der Waals surface area contributed by atoms with E-state index in [1.54, 1.807) is 6.92 Å². The molecule has 0 bridgehead atoms. The Labute approximate surface area is 85.8 Å². The van der Waals surface area contributed by atoms with Crippen molar-refractivity contribution in [1.29, 1.82) is 0 Å². The van der Waals surface area contributed by atoms with Crippen LogP contribution in [0.15, 0.2) is 11.1 Å². The van der Waals surface area contributed by atoms with Crippen LogP contribution in [0.4, 0.5) is 0 Å². The monoisotopic (exact) mass is 207 g/mol. The van der Waals surface area contributed by atoms with Crippen molar-refractivity contribution in [1.82, 2.24) is 4.90 Å². The summed E-state index contributed by atoms with van der Waals surface area (Å²) in [5, 5.41) is 8.65. The van der Waals surface area contributed by atoms with Crippen LogP contribution in [-0.4, -0.2) is 36.6 Å². The summed E-state index contributed by atoms with van der Waals surface area (Å²) in [4.78, 5) is 12.6. The molecule has 0 aliphatic heterocycles. The molecule has 0 spiro atoms. The highest BCUT2D eigenvalue weighted by molar-refractivity contribution is 5.86. The zero-order chi connectivity index (χ0) is 9.72. The lowest BCUT2D eigenvalue weighted by molar-refractivity contribution is -0.132. The van der Waals surface area contributed by atoms with E-state index in [1.807, 2.05) is 25.9 Å². The van der Waals surface area contributed by atoms with Crippen LogP contribution in [-0.2, 0) is 4.79 Å². The van der Waals surface area contributed by atoms with E-state index in [-0.39, 0.29) is 12.4 Å². The van der Waals surface area contributed by atoms with Gasteiger partial charge in [0, 0.05) is 12.1 Å². The summed E-state index contributed by atoms with van der Waals surface area (Å²) in [7, 11) is 3.95. The molecule has 1 N–H and O–H groups in total. The summed E-state index contributed by atoms with van der Waals surface area (Å²) < 4.78 is 0. The maximum atomic E-state index is 10.5. The number of nitrogens with zero attached hydrogens (tertiary/aromatic N) is 1. The van der Waals surface area contributed by atoms with E-state index in [4.69, 9.17) is 5.11 Å². The summed E-state index contributed by atoms with van der Waals surface area (Å²) in [6.07, 6.45) is 0.825. The fourth-order valence-corrected chi connectivity index (χ4v) is 0.761. The van der Waals surface area contributed by atoms with Crippen LogP contribution in [0.1, 0.15) is 20.3 Å². The van der Waals surface area contributed by atoms with Crippen LogP contribution in [0.25, 0.3) is 0 Å². The minimum absolute atomic E-state index is 0. The molecule has 0 heterocycles. The van der Waals surface area contributed by atoms with E-state index in [9.17, 15) is 4.79 Å². The van der Waals surface area contributed by atoms with Crippen LogP contribution in [0.2, 0.25) is 0 Å². The van der Waals surface area contributed by atoms with Crippen molar-refractivity contribution in [2.24, 2.45) is 0 Å². The predicted molar refractivity (Wildman–Crippen MR) is 56.4 cm³/mol. The van der Waals surface area contributed by atoms with Gasteiger partial charge in [-0.2, -0.15) is 0 Å². The lowest BCUT2D eigenvalue weighted by Crippen LogP contribution is -2.14. The molecule has 0 amide bonds. The minimum Gasteiger partial charge on any atom is -0.478 e. The number of carbonyl (C=O) groups is 1. The topological polar surface area (TPSA) is 40.5 Å². The standard InChI is InChI=1S/C9H17NO2.ClH/c1-7(5-6-10(3)4)8(2)9(11)12;/h5-6H2,1-4H3,(H,11,12);1H. The van der Waals surface area contributed by atoms with Crippen molar-refractivity contribution < 1.29 is 9.90 Å². The molecule has 3 nitrogen and oxygen atoms in total. The number of halogens is 1. The second-order valence-electron chi connectivity index (χ2n) is 3.26. The Morgan fingerprint density at radius 3 is 2.08 bits per heavy atom. The van der Waals surface area contributed by atoms with Crippen LogP contribution in [0, 0.1) is 0 Å². The highest BCUT2D eigenvalue weighted by Crippen LogP contribution is 2.07. The quantitative estimate of drug-likeness (QED) is 0.715. The van der Waals surface area contributed by atoms with Gasteiger partial charge in [0.25, 0.3) is 0 Å². The molecular weight excluding hydrogens is 190 g/mol. The van der Waals surface area contributed by atoms with E-state index in [1.165, 1.54) is 0 Å². The van der Waals surface area contributed by atoms with Crippen molar-refractivity contribution in [2.75, 3.05) is 20.6 Å². The minimum atomic E-state index is -0.814. The molecule has 0 saturated carbocycles. The molecule has 4 heteroatoms.